The number of nitrogens with zero attached hydrogens (tertiary/aromatic N) is 5. The molecular weight excluding hydrogens is 510 g/mol. The Hall–Kier alpha value is -4.76. The molecule has 8 nitrogen and oxygen atoms in total. The van der Waals surface area contributed by atoms with E-state index in [1.54, 1.807) is 7.11 Å². The van der Waals surface area contributed by atoms with Crippen LogP contribution in [0.1, 0.15) is 18.1 Å². The molecule has 0 aliphatic rings. The van der Waals surface area contributed by atoms with Gasteiger partial charge in [0.15, 0.2) is 5.82 Å². The molecule has 9 heteroatoms. The molecule has 0 radical (unpaired) electrons. The lowest BCUT2D eigenvalue weighted by Gasteiger charge is -2.06. The number of hydrogen-bond donors (Lipinski definition) is 0. The van der Waals surface area contributed by atoms with E-state index >= 15 is 0 Å². The highest BCUT2D eigenvalue weighted by Crippen LogP contribution is 2.29. The number of benzene rings is 3. The molecule has 6 aromatic rings. The molecule has 0 saturated carbocycles. The Morgan fingerprint density at radius 1 is 0.974 bits per heavy atom. The van der Waals surface area contributed by atoms with E-state index in [9.17, 15) is 4.79 Å². The van der Waals surface area contributed by atoms with Gasteiger partial charge < -0.3 is 9.47 Å². The molecule has 0 N–H and O–H groups in total. The number of ether oxygens (including phenoxy) is 2. The van der Waals surface area contributed by atoms with Gasteiger partial charge in [0.25, 0.3) is 5.56 Å². The van der Waals surface area contributed by atoms with Crippen LogP contribution in [0.4, 0.5) is 0 Å². The predicted octanol–water partition coefficient (Wildman–Crippen LogP) is 4.93. The highest BCUT2D eigenvalue weighted by Gasteiger charge is 2.16. The Bertz CT molecular complexity index is 1890. The average molecular weight is 536 g/mol. The molecule has 3 aromatic heterocycles. The second-order valence-corrected chi connectivity index (χ2v) is 9.91. The first kappa shape index (κ1) is 24.6. The summed E-state index contributed by atoms with van der Waals surface area (Å²) < 4.78 is 14.7. The summed E-state index contributed by atoms with van der Waals surface area (Å²) in [6, 6.07) is 23.4. The summed E-state index contributed by atoms with van der Waals surface area (Å²) in [4.78, 5) is 18.5. The highest BCUT2D eigenvalue weighted by molar-refractivity contribution is 7.15. The Kier molecular flexibility index (Phi) is 6.42. The molecule has 0 amide bonds. The predicted molar refractivity (Wildman–Crippen MR) is 153 cm³/mol. The third kappa shape index (κ3) is 4.68. The molecule has 0 saturated heterocycles. The van der Waals surface area contributed by atoms with Gasteiger partial charge in [-0.05, 0) is 80.1 Å². The quantitative estimate of drug-likeness (QED) is 0.288. The maximum absolute atomic E-state index is 13.4. The third-order valence-corrected chi connectivity index (χ3v) is 7.28. The van der Waals surface area contributed by atoms with Gasteiger partial charge in [-0.15, -0.1) is 5.10 Å². The standard InChI is InChI=1S/C30H25N5O3S/c1-4-38-24-13-10-20(11-14-24)28-31-30-35(33-28)29(36)26(39-30)17-22-18-34(23-8-6-5-7-9-23)32-27(22)21-12-15-25(37-3)19(2)16-21/h5-18H,4H2,1-3H3. The van der Waals surface area contributed by atoms with E-state index in [1.165, 1.54) is 15.9 Å². The molecule has 0 atom stereocenters. The fourth-order valence-corrected chi connectivity index (χ4v) is 5.32. The zero-order valence-corrected chi connectivity index (χ0v) is 22.5. The summed E-state index contributed by atoms with van der Waals surface area (Å²) in [6.07, 6.45) is 3.80. The minimum absolute atomic E-state index is 0.219. The minimum Gasteiger partial charge on any atom is -0.496 e. The first-order chi connectivity index (χ1) is 19.0. The minimum atomic E-state index is -0.219. The summed E-state index contributed by atoms with van der Waals surface area (Å²) in [6.45, 7) is 4.54. The summed E-state index contributed by atoms with van der Waals surface area (Å²) in [5.74, 6) is 2.09. The zero-order valence-electron chi connectivity index (χ0n) is 21.7. The Morgan fingerprint density at radius 3 is 2.44 bits per heavy atom. The second kappa shape index (κ2) is 10.2. The number of hydrogen-bond acceptors (Lipinski definition) is 7. The lowest BCUT2D eigenvalue weighted by molar-refractivity contribution is 0.340. The van der Waals surface area contributed by atoms with E-state index in [0.29, 0.717) is 21.9 Å². The Labute approximate surface area is 228 Å². The molecule has 3 aromatic carbocycles. The van der Waals surface area contributed by atoms with Crippen LogP contribution in [0.15, 0.2) is 83.8 Å². The van der Waals surface area contributed by atoms with Crippen LogP contribution in [-0.4, -0.2) is 38.1 Å². The van der Waals surface area contributed by atoms with Crippen LogP contribution in [0.2, 0.25) is 0 Å². The van der Waals surface area contributed by atoms with Crippen molar-refractivity contribution in [2.45, 2.75) is 13.8 Å². The molecule has 0 unspecified atom stereocenters. The van der Waals surface area contributed by atoms with Crippen molar-refractivity contribution in [1.82, 2.24) is 24.4 Å². The molecule has 0 spiro atoms. The van der Waals surface area contributed by atoms with Crippen LogP contribution in [0, 0.1) is 6.92 Å². The lowest BCUT2D eigenvalue weighted by atomic mass is 10.0. The van der Waals surface area contributed by atoms with Crippen LogP contribution >= 0.6 is 11.3 Å². The summed E-state index contributed by atoms with van der Waals surface area (Å²) in [5, 5.41) is 9.38. The molecule has 0 aliphatic carbocycles. The number of methoxy groups -OCH3 is 1. The molecular formula is C30H25N5O3S. The molecule has 0 bridgehead atoms. The topological polar surface area (TPSA) is 83.5 Å². The molecule has 0 fully saturated rings. The van der Waals surface area contributed by atoms with Gasteiger partial charge in [-0.3, -0.25) is 4.79 Å². The van der Waals surface area contributed by atoms with E-state index in [-0.39, 0.29) is 5.56 Å². The Balaban J connectivity index is 1.44. The van der Waals surface area contributed by atoms with Crippen molar-refractivity contribution < 1.29 is 9.47 Å². The monoisotopic (exact) mass is 535 g/mol. The average Bonchev–Trinajstić information content (AvgIpc) is 3.65. The van der Waals surface area contributed by atoms with Crippen molar-refractivity contribution in [1.29, 1.82) is 0 Å². The number of aromatic nitrogens is 5. The summed E-state index contributed by atoms with van der Waals surface area (Å²) >= 11 is 1.30. The van der Waals surface area contributed by atoms with E-state index in [1.807, 2.05) is 104 Å². The van der Waals surface area contributed by atoms with Gasteiger partial charge in [0.05, 0.1) is 23.9 Å². The second-order valence-electron chi connectivity index (χ2n) is 8.90. The van der Waals surface area contributed by atoms with Crippen molar-refractivity contribution in [2.24, 2.45) is 0 Å². The highest BCUT2D eigenvalue weighted by atomic mass is 32.1. The van der Waals surface area contributed by atoms with Gasteiger partial charge in [0, 0.05) is 22.9 Å². The van der Waals surface area contributed by atoms with Gasteiger partial charge in [-0.25, -0.2) is 4.68 Å². The van der Waals surface area contributed by atoms with Crippen molar-refractivity contribution in [3.63, 3.8) is 0 Å². The van der Waals surface area contributed by atoms with E-state index < -0.39 is 0 Å². The van der Waals surface area contributed by atoms with Crippen molar-refractivity contribution in [3.05, 3.63) is 105 Å². The van der Waals surface area contributed by atoms with Crippen LogP contribution in [-0.2, 0) is 0 Å². The molecule has 0 aliphatic heterocycles. The maximum atomic E-state index is 13.4. The Morgan fingerprint density at radius 2 is 1.74 bits per heavy atom. The SMILES string of the molecule is CCOc1ccc(-c2nc3sc(=Cc4cn(-c5ccccc5)nc4-c4ccc(OC)c(C)c4)c(=O)n3n2)cc1. The number of fused-ring (bicyclic) bond motifs is 1. The van der Waals surface area contributed by atoms with Crippen molar-refractivity contribution in [2.75, 3.05) is 13.7 Å². The number of para-hydroxylation sites is 1. The van der Waals surface area contributed by atoms with Gasteiger partial charge >= 0.3 is 0 Å². The van der Waals surface area contributed by atoms with Gasteiger partial charge in [-0.1, -0.05) is 29.5 Å². The first-order valence-corrected chi connectivity index (χ1v) is 13.3. The molecule has 39 heavy (non-hydrogen) atoms. The molecule has 194 valence electrons. The normalized spacial score (nSPS) is 11.8. The molecule has 6 rings (SSSR count). The maximum Gasteiger partial charge on any atom is 0.291 e. The van der Waals surface area contributed by atoms with Gasteiger partial charge in [-0.2, -0.15) is 14.6 Å². The smallest absolute Gasteiger partial charge is 0.291 e. The fraction of sp³-hybridized carbons (Fsp3) is 0.133. The van der Waals surface area contributed by atoms with Crippen LogP contribution < -0.4 is 19.6 Å². The van der Waals surface area contributed by atoms with E-state index in [2.05, 4.69) is 10.1 Å². The fourth-order valence-electron chi connectivity index (χ4n) is 4.42. The number of rotatable bonds is 7. The number of aryl methyl sites for hydroxylation is 1. The van der Waals surface area contributed by atoms with Crippen LogP contribution in [0.3, 0.4) is 0 Å². The van der Waals surface area contributed by atoms with E-state index in [0.717, 1.165) is 45.1 Å². The summed E-state index contributed by atoms with van der Waals surface area (Å²) in [5.41, 5.74) is 5.03. The van der Waals surface area contributed by atoms with Crippen molar-refractivity contribution in [3.8, 4) is 39.8 Å². The molecule has 3 heterocycles. The van der Waals surface area contributed by atoms with Gasteiger partial charge in [0.2, 0.25) is 4.96 Å². The summed E-state index contributed by atoms with van der Waals surface area (Å²) in [7, 11) is 1.66. The van der Waals surface area contributed by atoms with Gasteiger partial charge in [0.1, 0.15) is 17.2 Å². The largest absolute Gasteiger partial charge is 0.496 e. The third-order valence-electron chi connectivity index (χ3n) is 6.32. The lowest BCUT2D eigenvalue weighted by Crippen LogP contribution is -2.23. The number of thiazole rings is 1. The van der Waals surface area contributed by atoms with Crippen LogP contribution in [0.25, 0.3) is 39.4 Å². The zero-order chi connectivity index (χ0) is 26.9. The van der Waals surface area contributed by atoms with E-state index in [4.69, 9.17) is 14.6 Å². The van der Waals surface area contributed by atoms with Crippen LogP contribution in [0.5, 0.6) is 11.5 Å². The first-order valence-electron chi connectivity index (χ1n) is 12.5. The van der Waals surface area contributed by atoms with Crippen molar-refractivity contribution >= 4 is 22.4 Å².